The Balaban J connectivity index is 1.50. The number of ether oxygens (including phenoxy) is 1. The van der Waals surface area contributed by atoms with Crippen LogP contribution in [-0.2, 0) is 9.53 Å². The van der Waals surface area contributed by atoms with Crippen molar-refractivity contribution < 1.29 is 9.53 Å². The Bertz CT molecular complexity index is 705. The zero-order chi connectivity index (χ0) is 18.7. The molecule has 4 rings (SSSR count). The van der Waals surface area contributed by atoms with Gasteiger partial charge in [0.05, 0.1) is 24.7 Å². The Morgan fingerprint density at radius 3 is 1.85 bits per heavy atom. The maximum absolute atomic E-state index is 13.0. The molecule has 142 valence electrons. The summed E-state index contributed by atoms with van der Waals surface area (Å²) in [7, 11) is 0. The van der Waals surface area contributed by atoms with Crippen LogP contribution in [0.1, 0.15) is 30.5 Å². The summed E-state index contributed by atoms with van der Waals surface area (Å²) >= 11 is 0. The molecule has 0 atom stereocenters. The molecule has 4 nitrogen and oxygen atoms in total. The van der Waals surface area contributed by atoms with Crippen LogP contribution in [0.4, 0.5) is 0 Å². The van der Waals surface area contributed by atoms with Crippen molar-refractivity contribution in [3.63, 3.8) is 0 Å². The van der Waals surface area contributed by atoms with Gasteiger partial charge in [0, 0.05) is 26.2 Å². The lowest BCUT2D eigenvalue weighted by Crippen LogP contribution is -2.59. The predicted octanol–water partition coefficient (Wildman–Crippen LogP) is 3.35. The predicted molar refractivity (Wildman–Crippen MR) is 106 cm³/mol. The quantitative estimate of drug-likeness (QED) is 0.816. The monoisotopic (exact) mass is 364 g/mol. The van der Waals surface area contributed by atoms with Gasteiger partial charge in [0.15, 0.2) is 0 Å². The summed E-state index contributed by atoms with van der Waals surface area (Å²) < 4.78 is 5.36. The van der Waals surface area contributed by atoms with Crippen molar-refractivity contribution >= 4 is 5.91 Å². The third kappa shape index (κ3) is 3.52. The van der Waals surface area contributed by atoms with Gasteiger partial charge in [0.1, 0.15) is 0 Å². The molecule has 2 fully saturated rings. The largest absolute Gasteiger partial charge is 0.379 e. The first kappa shape index (κ1) is 18.2. The van der Waals surface area contributed by atoms with E-state index >= 15 is 0 Å². The van der Waals surface area contributed by atoms with E-state index in [-0.39, 0.29) is 17.4 Å². The first-order chi connectivity index (χ1) is 13.2. The summed E-state index contributed by atoms with van der Waals surface area (Å²) in [5.74, 6) is 0.284. The fourth-order valence-corrected chi connectivity index (χ4v) is 4.23. The van der Waals surface area contributed by atoms with Gasteiger partial charge < -0.3 is 9.64 Å². The van der Waals surface area contributed by atoms with Crippen LogP contribution in [-0.4, -0.2) is 55.1 Å². The number of benzene rings is 2. The molecule has 0 saturated carbocycles. The Labute approximate surface area is 161 Å². The number of rotatable bonds is 5. The Morgan fingerprint density at radius 1 is 0.926 bits per heavy atom. The molecule has 1 amide bonds. The Hall–Kier alpha value is -2.17. The average Bonchev–Trinajstić information content (AvgIpc) is 2.70. The second-order valence-electron chi connectivity index (χ2n) is 7.68. The van der Waals surface area contributed by atoms with Crippen LogP contribution in [0, 0.1) is 5.41 Å². The van der Waals surface area contributed by atoms with Crippen LogP contribution in [0.5, 0.6) is 0 Å². The molecular formula is C23H28N2O2. The van der Waals surface area contributed by atoms with Gasteiger partial charge in [-0.25, -0.2) is 0 Å². The maximum atomic E-state index is 13.0. The summed E-state index contributed by atoms with van der Waals surface area (Å²) in [6, 6.07) is 21.6. The first-order valence-electron chi connectivity index (χ1n) is 9.94. The number of carbonyl (C=O) groups is 1. The molecule has 0 aliphatic carbocycles. The summed E-state index contributed by atoms with van der Waals surface area (Å²) in [5.41, 5.74) is 2.35. The molecule has 2 aromatic carbocycles. The van der Waals surface area contributed by atoms with Gasteiger partial charge in [-0.15, -0.1) is 0 Å². The molecule has 2 aliphatic rings. The topological polar surface area (TPSA) is 32.8 Å². The van der Waals surface area contributed by atoms with Gasteiger partial charge in [0.25, 0.3) is 0 Å². The number of hydrogen-bond donors (Lipinski definition) is 0. The van der Waals surface area contributed by atoms with E-state index in [1.54, 1.807) is 0 Å². The van der Waals surface area contributed by atoms with Crippen molar-refractivity contribution in [3.05, 3.63) is 71.8 Å². The van der Waals surface area contributed by atoms with Crippen molar-refractivity contribution in [2.75, 3.05) is 39.4 Å². The lowest BCUT2D eigenvalue weighted by molar-refractivity contribution is -0.175. The van der Waals surface area contributed by atoms with E-state index in [0.717, 1.165) is 32.6 Å². The van der Waals surface area contributed by atoms with E-state index in [1.807, 2.05) is 0 Å². The third-order valence-corrected chi connectivity index (χ3v) is 6.08. The molecule has 0 radical (unpaired) electrons. The van der Waals surface area contributed by atoms with E-state index in [0.29, 0.717) is 13.2 Å². The Kier molecular flexibility index (Phi) is 5.28. The molecule has 0 N–H and O–H groups in total. The first-order valence-corrected chi connectivity index (χ1v) is 9.94. The second kappa shape index (κ2) is 7.83. The molecule has 2 heterocycles. The highest BCUT2D eigenvalue weighted by Gasteiger charge is 2.47. The minimum atomic E-state index is -0.263. The molecule has 27 heavy (non-hydrogen) atoms. The number of carbonyl (C=O) groups excluding carboxylic acids is 1. The van der Waals surface area contributed by atoms with E-state index in [1.165, 1.54) is 11.1 Å². The zero-order valence-corrected chi connectivity index (χ0v) is 16.0. The molecule has 0 bridgehead atoms. The standard InChI is InChI=1S/C23H28N2O2/c1-2-23(17-27-18-23)22(26)25-15-13-24(14-16-25)21(19-9-5-3-6-10-19)20-11-7-4-8-12-20/h3-12,21H,2,13-18H2,1H3. The summed E-state index contributed by atoms with van der Waals surface area (Å²) in [4.78, 5) is 17.5. The Morgan fingerprint density at radius 2 is 1.44 bits per heavy atom. The van der Waals surface area contributed by atoms with Gasteiger partial charge in [0.2, 0.25) is 5.91 Å². The molecule has 2 aliphatic heterocycles. The van der Waals surface area contributed by atoms with Crippen molar-refractivity contribution in [3.8, 4) is 0 Å². The van der Waals surface area contributed by atoms with Crippen LogP contribution in [0.25, 0.3) is 0 Å². The van der Waals surface area contributed by atoms with Gasteiger partial charge in [-0.05, 0) is 17.5 Å². The minimum absolute atomic E-state index is 0.233. The van der Waals surface area contributed by atoms with Crippen LogP contribution in [0.2, 0.25) is 0 Å². The number of hydrogen-bond acceptors (Lipinski definition) is 3. The normalized spacial score (nSPS) is 19.7. The minimum Gasteiger partial charge on any atom is -0.379 e. The third-order valence-electron chi connectivity index (χ3n) is 6.08. The highest BCUT2D eigenvalue weighted by molar-refractivity contribution is 5.84. The van der Waals surface area contributed by atoms with E-state index < -0.39 is 0 Å². The SMILES string of the molecule is CCC1(C(=O)N2CCN(C(c3ccccc3)c3ccccc3)CC2)COC1. The van der Waals surface area contributed by atoms with Gasteiger partial charge >= 0.3 is 0 Å². The van der Waals surface area contributed by atoms with E-state index in [4.69, 9.17) is 4.74 Å². The van der Waals surface area contributed by atoms with Crippen LogP contribution in [0.15, 0.2) is 60.7 Å². The molecule has 4 heteroatoms. The lowest BCUT2D eigenvalue weighted by Gasteiger charge is -2.46. The summed E-state index contributed by atoms with van der Waals surface area (Å²) in [6.45, 7) is 6.62. The van der Waals surface area contributed by atoms with E-state index in [2.05, 4.69) is 77.4 Å². The molecule has 2 saturated heterocycles. The van der Waals surface area contributed by atoms with Gasteiger partial charge in [-0.3, -0.25) is 9.69 Å². The van der Waals surface area contributed by atoms with Crippen molar-refractivity contribution in [2.45, 2.75) is 19.4 Å². The summed E-state index contributed by atoms with van der Waals surface area (Å²) in [6.07, 6.45) is 0.864. The molecule has 0 spiro atoms. The fraction of sp³-hybridized carbons (Fsp3) is 0.435. The smallest absolute Gasteiger partial charge is 0.233 e. The second-order valence-corrected chi connectivity index (χ2v) is 7.68. The molecule has 2 aromatic rings. The molecule has 0 aromatic heterocycles. The highest BCUT2D eigenvalue weighted by Crippen LogP contribution is 2.35. The van der Waals surface area contributed by atoms with E-state index in [9.17, 15) is 4.79 Å². The highest BCUT2D eigenvalue weighted by atomic mass is 16.5. The molecule has 0 unspecified atom stereocenters. The number of amides is 1. The number of nitrogens with zero attached hydrogens (tertiary/aromatic N) is 2. The number of piperazine rings is 1. The fourth-order valence-electron chi connectivity index (χ4n) is 4.23. The van der Waals surface area contributed by atoms with Crippen molar-refractivity contribution in [1.29, 1.82) is 0 Å². The lowest BCUT2D eigenvalue weighted by atomic mass is 9.81. The maximum Gasteiger partial charge on any atom is 0.233 e. The van der Waals surface area contributed by atoms with Gasteiger partial charge in [-0.1, -0.05) is 67.6 Å². The molecular weight excluding hydrogens is 336 g/mol. The van der Waals surface area contributed by atoms with Crippen LogP contribution in [0.3, 0.4) is 0 Å². The van der Waals surface area contributed by atoms with Crippen LogP contribution >= 0.6 is 0 Å². The van der Waals surface area contributed by atoms with Crippen LogP contribution < -0.4 is 0 Å². The average molecular weight is 364 g/mol. The van der Waals surface area contributed by atoms with Crippen molar-refractivity contribution in [2.24, 2.45) is 5.41 Å². The van der Waals surface area contributed by atoms with Crippen molar-refractivity contribution in [1.82, 2.24) is 9.80 Å². The summed E-state index contributed by atoms with van der Waals surface area (Å²) in [5, 5.41) is 0. The zero-order valence-electron chi connectivity index (χ0n) is 16.0. The van der Waals surface area contributed by atoms with Gasteiger partial charge in [-0.2, -0.15) is 0 Å².